The van der Waals surface area contributed by atoms with Gasteiger partial charge >= 0.3 is 16.5 Å². The molecule has 1 aliphatic rings. The van der Waals surface area contributed by atoms with E-state index in [0.717, 1.165) is 75.6 Å². The molecular formula is C71H124N2Ni. The molecule has 1 heterocycles. The molecule has 0 atom stereocenters. The molecule has 0 saturated carbocycles. The molecule has 3 rings (SSSR count). The third-order valence-electron chi connectivity index (χ3n) is 15.6. The summed E-state index contributed by atoms with van der Waals surface area (Å²) in [5.41, 5.74) is 30.0. The summed E-state index contributed by atoms with van der Waals surface area (Å²) in [5, 5.41) is 0. The van der Waals surface area contributed by atoms with Gasteiger partial charge in [-0.05, 0) is 160 Å². The second-order valence-electron chi connectivity index (χ2n) is 22.4. The van der Waals surface area contributed by atoms with Crippen molar-refractivity contribution in [3.05, 3.63) is 99.3 Å². The summed E-state index contributed by atoms with van der Waals surface area (Å²) in [6.07, 6.45) is 53.9. The topological polar surface area (TPSA) is 25.3 Å². The summed E-state index contributed by atoms with van der Waals surface area (Å²) in [6, 6.07) is 10.2. The maximum atomic E-state index is 12.9. The normalized spacial score (nSPS) is 12.3. The molecular weight excluding hydrogens is 939 g/mol. The molecule has 1 aliphatic heterocycles. The smallest absolute Gasteiger partial charge is 0.493 e. The van der Waals surface area contributed by atoms with Gasteiger partial charge in [0.2, 0.25) is 11.4 Å². The van der Waals surface area contributed by atoms with Gasteiger partial charge in [0.05, 0.1) is 0 Å². The predicted molar refractivity (Wildman–Crippen MR) is 331 cm³/mol. The number of nitrogens with zero attached hydrogens (tertiary/aromatic N) is 2. The number of hydrogen-bond donors (Lipinski definition) is 0. The molecule has 2 nitrogen and oxygen atoms in total. The Morgan fingerprint density at radius 1 is 0.297 bits per heavy atom. The minimum atomic E-state index is 0. The third kappa shape index (κ3) is 29.1. The van der Waals surface area contributed by atoms with Crippen molar-refractivity contribution in [3.8, 4) is 0 Å². The molecule has 3 heteroatoms. The number of rotatable bonds is 43. The molecule has 2 aromatic rings. The van der Waals surface area contributed by atoms with Crippen LogP contribution in [0.5, 0.6) is 0 Å². The maximum Gasteiger partial charge on any atom is 2.00 e. The average molecular weight is 1060 g/mol. The van der Waals surface area contributed by atoms with Crippen LogP contribution >= 0.6 is 0 Å². The zero-order valence-corrected chi connectivity index (χ0v) is 52.3. The monoisotopic (exact) mass is 1060 g/mol. The van der Waals surface area contributed by atoms with Crippen LogP contribution in [0.3, 0.4) is 0 Å². The van der Waals surface area contributed by atoms with Gasteiger partial charge in [0, 0.05) is 22.3 Å². The van der Waals surface area contributed by atoms with Crippen LogP contribution in [0.4, 0.5) is 0 Å². The van der Waals surface area contributed by atoms with Gasteiger partial charge in [-0.1, -0.05) is 230 Å². The van der Waals surface area contributed by atoms with Crippen molar-refractivity contribution in [1.82, 2.24) is 0 Å². The summed E-state index contributed by atoms with van der Waals surface area (Å²) in [6.45, 7) is 30.7. The molecule has 0 saturated heterocycles. The fourth-order valence-electron chi connectivity index (χ4n) is 11.0. The van der Waals surface area contributed by atoms with Crippen LogP contribution in [0.15, 0.2) is 35.4 Å². The quantitative estimate of drug-likeness (QED) is 0.0274. The van der Waals surface area contributed by atoms with Gasteiger partial charge in [0.1, 0.15) is 0 Å². The Morgan fingerprint density at radius 3 is 0.878 bits per heavy atom. The molecule has 0 bridgehead atoms. The molecule has 0 spiro atoms. The van der Waals surface area contributed by atoms with Crippen molar-refractivity contribution < 1.29 is 21.2 Å². The summed E-state index contributed by atoms with van der Waals surface area (Å²) >= 11 is 0. The molecule has 74 heavy (non-hydrogen) atoms. The van der Waals surface area contributed by atoms with E-state index in [0.29, 0.717) is 0 Å². The standard InChI is InChI=1S/C53H86N2.2C9H19.Ni/c1-9-17-25-29-37-51-50(35-24-16-8)52(46-38-42(30-21-13-5)48(34-23-15-7)43(39-46)31-22-14-6)55(54)53(51)47-40-44(32-26-18-10-2)49(36-28-20-12-4)45(41-47)33-27-19-11-3;2*1-3-5-7-9-8-6-4-2;/h38-41H,9-37H2,1-8H3;2*1,3-9H2,2H3;/q;2*-1;+2. The van der Waals surface area contributed by atoms with Crippen molar-refractivity contribution in [2.75, 3.05) is 0 Å². The minimum absolute atomic E-state index is 0. The first kappa shape index (κ1) is 72.0. The molecule has 0 aliphatic carbocycles. The number of allylic oxidation sites excluding steroid dienone is 2. The zero-order chi connectivity index (χ0) is 53.7. The van der Waals surface area contributed by atoms with E-state index in [1.165, 1.54) is 234 Å². The summed E-state index contributed by atoms with van der Waals surface area (Å²) in [7, 11) is 0. The summed E-state index contributed by atoms with van der Waals surface area (Å²) in [5.74, 6) is 0. The zero-order valence-electron chi connectivity index (χ0n) is 51.3. The molecule has 0 N–H and O–H groups in total. The van der Waals surface area contributed by atoms with E-state index >= 15 is 0 Å². The van der Waals surface area contributed by atoms with Crippen LogP contribution in [-0.2, 0) is 55.0 Å². The van der Waals surface area contributed by atoms with Crippen molar-refractivity contribution in [2.45, 2.75) is 345 Å². The van der Waals surface area contributed by atoms with Crippen LogP contribution in [-0.4, -0.2) is 4.70 Å². The van der Waals surface area contributed by atoms with Gasteiger partial charge < -0.3 is 19.4 Å². The average Bonchev–Trinajstić information content (AvgIpc) is 3.68. The van der Waals surface area contributed by atoms with Gasteiger partial charge in [-0.15, -0.1) is 0 Å². The van der Waals surface area contributed by atoms with E-state index in [2.05, 4.69) is 107 Å². The van der Waals surface area contributed by atoms with E-state index in [1.807, 2.05) is 0 Å². The molecule has 0 unspecified atom stereocenters. The van der Waals surface area contributed by atoms with E-state index in [9.17, 15) is 5.53 Å². The van der Waals surface area contributed by atoms with Crippen LogP contribution in [0.25, 0.3) is 16.9 Å². The Morgan fingerprint density at radius 2 is 0.527 bits per heavy atom. The first-order chi connectivity index (χ1) is 35.8. The number of hydrogen-bond acceptors (Lipinski definition) is 0. The summed E-state index contributed by atoms with van der Waals surface area (Å²) < 4.78 is 1.73. The first-order valence-electron chi connectivity index (χ1n) is 32.6. The Labute approximate surface area is 474 Å². The Hall–Kier alpha value is -1.99. The van der Waals surface area contributed by atoms with E-state index in [-0.39, 0.29) is 16.5 Å². The molecule has 0 aromatic heterocycles. The second-order valence-corrected chi connectivity index (χ2v) is 22.4. The van der Waals surface area contributed by atoms with Crippen molar-refractivity contribution >= 4 is 11.4 Å². The van der Waals surface area contributed by atoms with Crippen LogP contribution in [0.1, 0.15) is 351 Å². The van der Waals surface area contributed by atoms with Crippen molar-refractivity contribution in [1.29, 1.82) is 0 Å². The summed E-state index contributed by atoms with van der Waals surface area (Å²) in [4.78, 5) is 0. The Balaban J connectivity index is 0.00000237. The van der Waals surface area contributed by atoms with Crippen LogP contribution < -0.4 is 0 Å². The third-order valence-corrected chi connectivity index (χ3v) is 15.6. The predicted octanol–water partition coefficient (Wildman–Crippen LogP) is 24.4. The van der Waals surface area contributed by atoms with Gasteiger partial charge in [-0.25, -0.2) is 4.70 Å². The number of aryl methyl sites for hydroxylation is 4. The van der Waals surface area contributed by atoms with E-state index < -0.39 is 0 Å². The van der Waals surface area contributed by atoms with Gasteiger partial charge in [-0.2, -0.15) is 12.8 Å². The van der Waals surface area contributed by atoms with Crippen LogP contribution in [0, 0.1) is 13.8 Å². The number of benzene rings is 2. The first-order valence-corrected chi connectivity index (χ1v) is 32.6. The Kier molecular flexibility index (Phi) is 48.0. The van der Waals surface area contributed by atoms with E-state index in [1.54, 1.807) is 38.1 Å². The second kappa shape index (κ2) is 49.3. The maximum absolute atomic E-state index is 12.9. The van der Waals surface area contributed by atoms with Crippen molar-refractivity contribution in [3.63, 3.8) is 0 Å². The van der Waals surface area contributed by atoms with Crippen LogP contribution in [0.2, 0.25) is 0 Å². The SMILES string of the molecule is CCCCCCC1=C(c2cc(CCCCC)c(CCCCC)c(CCCCC)c2)[N+](=[N-])C(c2cc(CCCC)c(CCCC)c(CCCC)c2)=C1CCCC.[CH2-]CCCCCCCC.[CH2-]CCCCCCCC.[Ni+2]. The van der Waals surface area contributed by atoms with Gasteiger partial charge in [-0.3, -0.25) is 0 Å². The fraction of sp³-hybridized carbons (Fsp3) is 0.746. The Bertz CT molecular complexity index is 1640. The minimum Gasteiger partial charge on any atom is -0.493 e. The van der Waals surface area contributed by atoms with E-state index in [4.69, 9.17) is 0 Å². The molecule has 0 amide bonds. The molecule has 0 fully saturated rings. The fourth-order valence-corrected chi connectivity index (χ4v) is 11.0. The van der Waals surface area contributed by atoms with Gasteiger partial charge in [0.25, 0.3) is 0 Å². The van der Waals surface area contributed by atoms with Gasteiger partial charge in [0.15, 0.2) is 0 Å². The van der Waals surface area contributed by atoms with Crippen molar-refractivity contribution in [2.24, 2.45) is 0 Å². The largest absolute Gasteiger partial charge is 2.00 e. The molecule has 428 valence electrons. The number of unbranched alkanes of at least 4 members (excludes halogenated alkanes) is 25. The molecule has 2 aromatic carbocycles. The molecule has 0 radical (unpaired) electrons.